The number of aromatic amines is 1. The minimum atomic E-state index is -0.284. The fourth-order valence-electron chi connectivity index (χ4n) is 3.89. The molecule has 0 bridgehead atoms. The van der Waals surface area contributed by atoms with Crippen LogP contribution in [0.3, 0.4) is 0 Å². The molecular weight excluding hydrogens is 366 g/mol. The molecule has 0 fully saturated rings. The van der Waals surface area contributed by atoms with E-state index in [0.717, 1.165) is 53.6 Å². The summed E-state index contributed by atoms with van der Waals surface area (Å²) >= 11 is 0. The third-order valence-corrected chi connectivity index (χ3v) is 5.43. The summed E-state index contributed by atoms with van der Waals surface area (Å²) in [5.41, 5.74) is 5.34. The number of phenols is 1. The Labute approximate surface area is 168 Å². The molecule has 0 saturated heterocycles. The number of hydrogen-bond donors (Lipinski definition) is 3. The summed E-state index contributed by atoms with van der Waals surface area (Å²) in [6.07, 6.45) is 4.31. The molecule has 3 N–H and O–H groups in total. The molecule has 4 rings (SSSR count). The van der Waals surface area contributed by atoms with Gasteiger partial charge in [-0.05, 0) is 67.5 Å². The zero-order valence-electron chi connectivity index (χ0n) is 16.3. The number of aromatic nitrogens is 2. The summed E-state index contributed by atoms with van der Waals surface area (Å²) in [4.78, 5) is 24.8. The number of aromatic hydroxyl groups is 1. The third-order valence-electron chi connectivity index (χ3n) is 5.43. The SMILES string of the molecule is Cc1cccc(O)c1NC(=O)c1cccc(Cc2n[nH]c(=O)c3c2CCCC3)c1. The van der Waals surface area contributed by atoms with Crippen molar-refractivity contribution in [3.05, 3.63) is 86.3 Å². The van der Waals surface area contributed by atoms with Gasteiger partial charge in [0.05, 0.1) is 11.4 Å². The number of H-pyrrole nitrogens is 1. The fraction of sp³-hybridized carbons (Fsp3) is 0.261. The van der Waals surface area contributed by atoms with Gasteiger partial charge in [0.15, 0.2) is 0 Å². The molecule has 148 valence electrons. The highest BCUT2D eigenvalue weighted by Crippen LogP contribution is 2.27. The van der Waals surface area contributed by atoms with Gasteiger partial charge in [0.2, 0.25) is 0 Å². The Morgan fingerprint density at radius 2 is 1.90 bits per heavy atom. The molecule has 0 radical (unpaired) electrons. The van der Waals surface area contributed by atoms with E-state index in [0.29, 0.717) is 17.7 Å². The Hall–Kier alpha value is -3.41. The predicted octanol–water partition coefficient (Wildman–Crippen LogP) is 3.51. The van der Waals surface area contributed by atoms with Crippen LogP contribution in [0.1, 0.15) is 51.1 Å². The number of fused-ring (bicyclic) bond motifs is 1. The van der Waals surface area contributed by atoms with Crippen molar-refractivity contribution >= 4 is 11.6 Å². The van der Waals surface area contributed by atoms with E-state index in [1.807, 2.05) is 31.2 Å². The normalized spacial score (nSPS) is 13.0. The van der Waals surface area contributed by atoms with Crippen molar-refractivity contribution < 1.29 is 9.90 Å². The quantitative estimate of drug-likeness (QED) is 0.595. The van der Waals surface area contributed by atoms with Crippen LogP contribution >= 0.6 is 0 Å². The summed E-state index contributed by atoms with van der Waals surface area (Å²) in [7, 11) is 0. The average molecular weight is 389 g/mol. The molecule has 0 aliphatic heterocycles. The summed E-state index contributed by atoms with van der Waals surface area (Å²) < 4.78 is 0. The third kappa shape index (κ3) is 3.92. The van der Waals surface area contributed by atoms with Crippen LogP contribution in [0.25, 0.3) is 0 Å². The van der Waals surface area contributed by atoms with Gasteiger partial charge >= 0.3 is 0 Å². The Morgan fingerprint density at radius 3 is 2.69 bits per heavy atom. The van der Waals surface area contributed by atoms with E-state index in [2.05, 4.69) is 15.5 Å². The number of rotatable bonds is 4. The van der Waals surface area contributed by atoms with Crippen LogP contribution in [-0.2, 0) is 19.3 Å². The lowest BCUT2D eigenvalue weighted by atomic mass is 9.90. The van der Waals surface area contributed by atoms with E-state index in [9.17, 15) is 14.7 Å². The second kappa shape index (κ2) is 7.91. The second-order valence-corrected chi connectivity index (χ2v) is 7.46. The molecule has 1 aliphatic rings. The molecule has 6 heteroatoms. The zero-order chi connectivity index (χ0) is 20.4. The standard InChI is InChI=1S/C23H23N3O3/c1-14-6-4-11-20(27)21(14)24-22(28)16-8-5-7-15(12-16)13-19-17-9-2-3-10-18(17)23(29)26-25-19/h4-8,11-12,27H,2-3,9-10,13H2,1H3,(H,24,28)(H,26,29). The van der Waals surface area contributed by atoms with Crippen LogP contribution in [0.15, 0.2) is 47.3 Å². The van der Waals surface area contributed by atoms with Crippen LogP contribution in [-0.4, -0.2) is 21.2 Å². The van der Waals surface area contributed by atoms with Gasteiger partial charge in [-0.1, -0.05) is 24.3 Å². The molecule has 29 heavy (non-hydrogen) atoms. The Balaban J connectivity index is 1.58. The highest BCUT2D eigenvalue weighted by Gasteiger charge is 2.18. The first kappa shape index (κ1) is 18.9. The molecule has 2 aromatic carbocycles. The number of para-hydroxylation sites is 1. The van der Waals surface area contributed by atoms with Crippen LogP contribution in [0.5, 0.6) is 5.75 Å². The summed E-state index contributed by atoms with van der Waals surface area (Å²) in [5, 5.41) is 19.7. The van der Waals surface area contributed by atoms with Gasteiger partial charge in [-0.15, -0.1) is 0 Å². The maximum absolute atomic E-state index is 12.7. The van der Waals surface area contributed by atoms with Crippen molar-refractivity contribution in [2.45, 2.75) is 39.0 Å². The maximum atomic E-state index is 12.7. The Morgan fingerprint density at radius 1 is 1.14 bits per heavy atom. The number of anilines is 1. The lowest BCUT2D eigenvalue weighted by molar-refractivity contribution is 0.102. The van der Waals surface area contributed by atoms with Crippen LogP contribution in [0.2, 0.25) is 0 Å². The van der Waals surface area contributed by atoms with Crippen LogP contribution in [0.4, 0.5) is 5.69 Å². The number of nitrogens with one attached hydrogen (secondary N) is 2. The first-order valence-corrected chi connectivity index (χ1v) is 9.81. The van der Waals surface area contributed by atoms with Crippen molar-refractivity contribution in [3.8, 4) is 5.75 Å². The van der Waals surface area contributed by atoms with Gasteiger partial charge in [-0.2, -0.15) is 5.10 Å². The van der Waals surface area contributed by atoms with E-state index in [4.69, 9.17) is 0 Å². The number of aryl methyl sites for hydroxylation is 1. The van der Waals surface area contributed by atoms with E-state index in [1.165, 1.54) is 0 Å². The highest BCUT2D eigenvalue weighted by atomic mass is 16.3. The monoisotopic (exact) mass is 389 g/mol. The number of amides is 1. The fourth-order valence-corrected chi connectivity index (χ4v) is 3.89. The first-order valence-electron chi connectivity index (χ1n) is 9.81. The van der Waals surface area contributed by atoms with Crippen molar-refractivity contribution in [1.82, 2.24) is 10.2 Å². The van der Waals surface area contributed by atoms with Crippen LogP contribution < -0.4 is 10.9 Å². The van der Waals surface area contributed by atoms with E-state index in [-0.39, 0.29) is 17.2 Å². The minimum absolute atomic E-state index is 0.0403. The van der Waals surface area contributed by atoms with Crippen molar-refractivity contribution in [3.63, 3.8) is 0 Å². The Kier molecular flexibility index (Phi) is 5.16. The molecule has 0 saturated carbocycles. The number of nitrogens with zero attached hydrogens (tertiary/aromatic N) is 1. The predicted molar refractivity (Wildman–Crippen MR) is 112 cm³/mol. The average Bonchev–Trinajstić information content (AvgIpc) is 2.73. The molecule has 0 atom stereocenters. The van der Waals surface area contributed by atoms with Gasteiger partial charge in [0.25, 0.3) is 11.5 Å². The summed E-state index contributed by atoms with van der Waals surface area (Å²) in [6.45, 7) is 1.83. The van der Waals surface area contributed by atoms with E-state index in [1.54, 1.807) is 18.2 Å². The van der Waals surface area contributed by atoms with E-state index >= 15 is 0 Å². The molecule has 0 unspecified atom stereocenters. The highest BCUT2D eigenvalue weighted by molar-refractivity contribution is 6.05. The van der Waals surface area contributed by atoms with Gasteiger partial charge in [-0.3, -0.25) is 9.59 Å². The van der Waals surface area contributed by atoms with Gasteiger partial charge < -0.3 is 10.4 Å². The lowest BCUT2D eigenvalue weighted by Crippen LogP contribution is -2.23. The largest absolute Gasteiger partial charge is 0.506 e. The molecule has 3 aromatic rings. The summed E-state index contributed by atoms with van der Waals surface area (Å²) in [6, 6.07) is 12.5. The molecule has 6 nitrogen and oxygen atoms in total. The molecule has 1 heterocycles. The molecular formula is C23H23N3O3. The Bertz CT molecular complexity index is 1110. The van der Waals surface area contributed by atoms with Crippen molar-refractivity contribution in [2.24, 2.45) is 0 Å². The second-order valence-electron chi connectivity index (χ2n) is 7.46. The smallest absolute Gasteiger partial charge is 0.267 e. The zero-order valence-corrected chi connectivity index (χ0v) is 16.3. The number of benzene rings is 2. The topological polar surface area (TPSA) is 95.1 Å². The van der Waals surface area contributed by atoms with Crippen molar-refractivity contribution in [1.29, 1.82) is 0 Å². The maximum Gasteiger partial charge on any atom is 0.267 e. The number of phenolic OH excluding ortho intramolecular Hbond substituents is 1. The van der Waals surface area contributed by atoms with Crippen LogP contribution in [0, 0.1) is 6.92 Å². The van der Waals surface area contributed by atoms with Gasteiger partial charge in [0, 0.05) is 17.5 Å². The minimum Gasteiger partial charge on any atom is -0.506 e. The number of carbonyl (C=O) groups is 1. The van der Waals surface area contributed by atoms with E-state index < -0.39 is 0 Å². The molecule has 0 spiro atoms. The lowest BCUT2D eigenvalue weighted by Gasteiger charge is -2.17. The van der Waals surface area contributed by atoms with Gasteiger partial charge in [0.1, 0.15) is 5.75 Å². The number of hydrogen-bond acceptors (Lipinski definition) is 4. The van der Waals surface area contributed by atoms with Crippen molar-refractivity contribution in [2.75, 3.05) is 5.32 Å². The number of carbonyl (C=O) groups excluding carboxylic acids is 1. The van der Waals surface area contributed by atoms with Gasteiger partial charge in [-0.25, -0.2) is 5.10 Å². The first-order chi connectivity index (χ1) is 14.0. The summed E-state index contributed by atoms with van der Waals surface area (Å²) in [5.74, 6) is -0.244. The molecule has 1 aromatic heterocycles. The molecule has 1 aliphatic carbocycles. The molecule has 1 amide bonds.